The van der Waals surface area contributed by atoms with Gasteiger partial charge in [-0.15, -0.1) is 0 Å². The van der Waals surface area contributed by atoms with Crippen LogP contribution in [-0.4, -0.2) is 37.1 Å². The fraction of sp³-hybridized carbons (Fsp3) is 0.105. The van der Waals surface area contributed by atoms with E-state index in [4.69, 9.17) is 4.74 Å². The topological polar surface area (TPSA) is 83.9 Å². The molecule has 0 unspecified atom stereocenters. The Morgan fingerprint density at radius 3 is 2.40 bits per heavy atom. The first-order valence-electron chi connectivity index (χ1n) is 7.49. The Kier molecular flexibility index (Phi) is 4.10. The predicted octanol–water partition coefficient (Wildman–Crippen LogP) is 2.58. The number of aromatic carboxylic acids is 1. The number of carbonyl (C=O) groups excluding carboxylic acids is 2. The Morgan fingerprint density at radius 2 is 1.76 bits per heavy atom. The number of ether oxygens (including phenoxy) is 1. The van der Waals surface area contributed by atoms with Crippen molar-refractivity contribution in [3.8, 4) is 0 Å². The zero-order valence-electron chi connectivity index (χ0n) is 13.6. The van der Waals surface area contributed by atoms with Crippen LogP contribution in [0.1, 0.15) is 31.8 Å². The summed E-state index contributed by atoms with van der Waals surface area (Å²) in [5, 5.41) is 9.24. The molecule has 25 heavy (non-hydrogen) atoms. The molecule has 0 saturated carbocycles. The highest BCUT2D eigenvalue weighted by molar-refractivity contribution is 6.15. The maximum absolute atomic E-state index is 12.8. The number of esters is 1. The van der Waals surface area contributed by atoms with Crippen molar-refractivity contribution in [3.63, 3.8) is 0 Å². The van der Waals surface area contributed by atoms with Crippen LogP contribution >= 0.6 is 0 Å². The predicted molar refractivity (Wildman–Crippen MR) is 91.7 cm³/mol. The molecule has 1 amide bonds. The number of anilines is 1. The Hall–Kier alpha value is -3.41. The van der Waals surface area contributed by atoms with Crippen LogP contribution in [0.2, 0.25) is 0 Å². The molecule has 0 radical (unpaired) electrons. The summed E-state index contributed by atoms with van der Waals surface area (Å²) in [6.45, 7) is 0. The molecule has 3 rings (SSSR count). The Balaban J connectivity index is 2.36. The van der Waals surface area contributed by atoms with Gasteiger partial charge in [0.2, 0.25) is 0 Å². The smallest absolute Gasteiger partial charge is 0.335 e. The summed E-state index contributed by atoms with van der Waals surface area (Å²) in [4.78, 5) is 37.4. The van der Waals surface area contributed by atoms with E-state index < -0.39 is 11.9 Å². The summed E-state index contributed by atoms with van der Waals surface area (Å²) >= 11 is 0. The summed E-state index contributed by atoms with van der Waals surface area (Å²) in [6, 6.07) is 11.4. The highest BCUT2D eigenvalue weighted by atomic mass is 16.5. The number of rotatable bonds is 2. The van der Waals surface area contributed by atoms with E-state index in [1.54, 1.807) is 37.4 Å². The van der Waals surface area contributed by atoms with E-state index in [-0.39, 0.29) is 11.5 Å². The van der Waals surface area contributed by atoms with Crippen LogP contribution in [0.4, 0.5) is 5.69 Å². The number of fused-ring (bicyclic) bond motifs is 2. The van der Waals surface area contributed by atoms with Gasteiger partial charge in [-0.1, -0.05) is 24.3 Å². The van der Waals surface area contributed by atoms with Crippen molar-refractivity contribution in [1.29, 1.82) is 0 Å². The van der Waals surface area contributed by atoms with E-state index in [0.717, 1.165) is 0 Å². The lowest BCUT2D eigenvalue weighted by molar-refractivity contribution is -0.134. The number of methoxy groups -OCH3 is 1. The molecule has 0 aliphatic carbocycles. The average Bonchev–Trinajstić information content (AvgIpc) is 2.71. The number of carbonyl (C=O) groups is 3. The fourth-order valence-corrected chi connectivity index (χ4v) is 2.84. The number of benzene rings is 2. The van der Waals surface area contributed by atoms with Crippen molar-refractivity contribution >= 4 is 29.1 Å². The van der Waals surface area contributed by atoms with Gasteiger partial charge in [0, 0.05) is 24.3 Å². The molecule has 2 aromatic rings. The Labute approximate surface area is 143 Å². The Morgan fingerprint density at radius 1 is 1.08 bits per heavy atom. The minimum Gasteiger partial charge on any atom is -0.478 e. The number of amides is 1. The van der Waals surface area contributed by atoms with Crippen molar-refractivity contribution in [2.45, 2.75) is 0 Å². The first kappa shape index (κ1) is 16.4. The zero-order valence-corrected chi connectivity index (χ0v) is 13.6. The van der Waals surface area contributed by atoms with E-state index in [1.165, 1.54) is 30.2 Å². The van der Waals surface area contributed by atoms with Crippen LogP contribution in [-0.2, 0) is 9.53 Å². The molecule has 0 aromatic heterocycles. The average molecular weight is 337 g/mol. The van der Waals surface area contributed by atoms with Gasteiger partial charge in [-0.25, -0.2) is 9.59 Å². The normalized spacial score (nSPS) is 14.6. The lowest BCUT2D eigenvalue weighted by atomic mass is 9.93. The van der Waals surface area contributed by atoms with Crippen molar-refractivity contribution in [2.75, 3.05) is 19.1 Å². The quantitative estimate of drug-likeness (QED) is 0.672. The van der Waals surface area contributed by atoms with Crippen molar-refractivity contribution in [1.82, 2.24) is 0 Å². The van der Waals surface area contributed by atoms with Crippen LogP contribution in [0.5, 0.6) is 0 Å². The van der Waals surface area contributed by atoms with Crippen LogP contribution < -0.4 is 4.90 Å². The molecule has 1 heterocycles. The molecule has 0 saturated heterocycles. The second-order valence-electron chi connectivity index (χ2n) is 5.53. The molecule has 126 valence electrons. The molecule has 1 N–H and O–H groups in total. The first-order valence-corrected chi connectivity index (χ1v) is 7.49. The highest BCUT2D eigenvalue weighted by Crippen LogP contribution is 2.38. The van der Waals surface area contributed by atoms with Crippen molar-refractivity contribution in [3.05, 3.63) is 70.8 Å². The van der Waals surface area contributed by atoms with Crippen molar-refractivity contribution in [2.24, 2.45) is 0 Å². The lowest BCUT2D eigenvalue weighted by Crippen LogP contribution is -2.26. The Bertz CT molecular complexity index is 929. The van der Waals surface area contributed by atoms with Gasteiger partial charge in [0.25, 0.3) is 5.91 Å². The number of carboxylic acids is 1. The summed E-state index contributed by atoms with van der Waals surface area (Å²) in [5.74, 6) is -1.94. The molecule has 0 bridgehead atoms. The van der Waals surface area contributed by atoms with Gasteiger partial charge in [0.1, 0.15) is 0 Å². The third kappa shape index (κ3) is 2.78. The third-order valence-corrected chi connectivity index (χ3v) is 4.11. The second-order valence-corrected chi connectivity index (χ2v) is 5.53. The van der Waals surface area contributed by atoms with Crippen LogP contribution in [0.15, 0.2) is 48.5 Å². The largest absolute Gasteiger partial charge is 0.478 e. The molecule has 6 heteroatoms. The van der Waals surface area contributed by atoms with E-state index in [9.17, 15) is 19.5 Å². The number of nitrogens with zero attached hydrogens (tertiary/aromatic N) is 1. The molecule has 1 aliphatic heterocycles. The highest BCUT2D eigenvalue weighted by Gasteiger charge is 2.28. The summed E-state index contributed by atoms with van der Waals surface area (Å²) in [7, 11) is 2.85. The summed E-state index contributed by atoms with van der Waals surface area (Å²) in [6.07, 6.45) is 1.31. The number of hydrogen-bond donors (Lipinski definition) is 1. The molecule has 0 fully saturated rings. The fourth-order valence-electron chi connectivity index (χ4n) is 2.84. The van der Waals surface area contributed by atoms with Crippen LogP contribution in [0.25, 0.3) is 5.57 Å². The van der Waals surface area contributed by atoms with Gasteiger partial charge in [-0.2, -0.15) is 0 Å². The third-order valence-electron chi connectivity index (χ3n) is 4.11. The van der Waals surface area contributed by atoms with Gasteiger partial charge in [-0.3, -0.25) is 4.79 Å². The second kappa shape index (κ2) is 6.24. The van der Waals surface area contributed by atoms with Crippen LogP contribution in [0.3, 0.4) is 0 Å². The first-order chi connectivity index (χ1) is 11.9. The minimum absolute atomic E-state index is 0.0572. The van der Waals surface area contributed by atoms with Gasteiger partial charge in [0.05, 0.1) is 18.4 Å². The SMILES string of the molecule is COC(=O)/C=C1\c2ccccc2C(=O)N(C)c2cc(C(=O)O)ccc21. The van der Waals surface area contributed by atoms with E-state index in [0.29, 0.717) is 28.0 Å². The summed E-state index contributed by atoms with van der Waals surface area (Å²) < 4.78 is 4.73. The number of carboxylic acid groups (broad SMARTS) is 1. The van der Waals surface area contributed by atoms with Crippen LogP contribution in [0, 0.1) is 0 Å². The minimum atomic E-state index is -1.09. The van der Waals surface area contributed by atoms with Crippen molar-refractivity contribution < 1.29 is 24.2 Å². The van der Waals surface area contributed by atoms with Gasteiger partial charge < -0.3 is 14.7 Å². The zero-order chi connectivity index (χ0) is 18.1. The maximum Gasteiger partial charge on any atom is 0.335 e. The summed E-state index contributed by atoms with van der Waals surface area (Å²) in [5.41, 5.74) is 2.57. The van der Waals surface area contributed by atoms with Gasteiger partial charge >= 0.3 is 11.9 Å². The van der Waals surface area contributed by atoms with E-state index in [1.807, 2.05) is 0 Å². The molecule has 2 aromatic carbocycles. The molecular formula is C19H15NO5. The molecule has 6 nitrogen and oxygen atoms in total. The number of hydrogen-bond acceptors (Lipinski definition) is 4. The molecule has 0 spiro atoms. The molecule has 0 atom stereocenters. The molecule has 1 aliphatic rings. The monoisotopic (exact) mass is 337 g/mol. The standard InChI is InChI=1S/C19H15NO5/c1-20-16-9-11(19(23)24)7-8-13(16)15(10-17(21)25-2)12-5-3-4-6-14(12)18(20)22/h3-10H,1-2H3,(H,23,24)/b15-10+. The van der Waals surface area contributed by atoms with Gasteiger partial charge in [-0.05, 0) is 29.3 Å². The van der Waals surface area contributed by atoms with E-state index in [2.05, 4.69) is 0 Å². The maximum atomic E-state index is 12.8. The lowest BCUT2D eigenvalue weighted by Gasteiger charge is -2.18. The van der Waals surface area contributed by atoms with E-state index >= 15 is 0 Å². The van der Waals surface area contributed by atoms with Gasteiger partial charge in [0.15, 0.2) is 0 Å². The molecular weight excluding hydrogens is 322 g/mol.